The van der Waals surface area contributed by atoms with Crippen molar-refractivity contribution < 1.29 is 8.42 Å². The Morgan fingerprint density at radius 3 is 2.59 bits per heavy atom. The number of nitrogens with one attached hydrogen (secondary N) is 1. The van der Waals surface area contributed by atoms with E-state index in [1.165, 1.54) is 17.4 Å². The molecule has 1 heterocycles. The third-order valence-electron chi connectivity index (χ3n) is 4.60. The molecule has 0 bridgehead atoms. The van der Waals surface area contributed by atoms with Crippen molar-refractivity contribution in [3.63, 3.8) is 0 Å². The van der Waals surface area contributed by atoms with Crippen molar-refractivity contribution in [1.29, 1.82) is 0 Å². The number of nitrogen functional groups attached to an aromatic ring is 1. The van der Waals surface area contributed by atoms with Crippen LogP contribution in [0.5, 0.6) is 0 Å². The van der Waals surface area contributed by atoms with Crippen LogP contribution in [0.25, 0.3) is 10.2 Å². The highest BCUT2D eigenvalue weighted by molar-refractivity contribution is 7.89. The van der Waals surface area contributed by atoms with Crippen LogP contribution in [-0.4, -0.2) is 13.4 Å². The first kappa shape index (κ1) is 19.6. The second-order valence-electron chi connectivity index (χ2n) is 6.96. The van der Waals surface area contributed by atoms with Gasteiger partial charge in [-0.3, -0.25) is 0 Å². The number of nitrogens with two attached hydrogens (primary N) is 1. The number of fused-ring (bicyclic) bond motifs is 1. The second-order valence-corrected chi connectivity index (χ2v) is 9.74. The molecule has 0 aliphatic carbocycles. The fourth-order valence-electron chi connectivity index (χ4n) is 3.23. The minimum absolute atomic E-state index is 0.146. The number of aromatic nitrogens is 1. The largest absolute Gasteiger partial charge is 0.399 e. The summed E-state index contributed by atoms with van der Waals surface area (Å²) in [5.74, 6) is 0. The molecule has 29 heavy (non-hydrogen) atoms. The zero-order valence-corrected chi connectivity index (χ0v) is 17.5. The lowest BCUT2D eigenvalue weighted by Crippen LogP contribution is -2.30. The summed E-state index contributed by atoms with van der Waals surface area (Å²) < 4.78 is 30.0. The van der Waals surface area contributed by atoms with Crippen LogP contribution in [0.1, 0.15) is 22.2 Å². The van der Waals surface area contributed by atoms with Crippen molar-refractivity contribution in [1.82, 2.24) is 9.71 Å². The van der Waals surface area contributed by atoms with Crippen LogP contribution in [0.3, 0.4) is 0 Å². The van der Waals surface area contributed by atoms with Crippen molar-refractivity contribution in [3.8, 4) is 0 Å². The highest BCUT2D eigenvalue weighted by Gasteiger charge is 2.24. The van der Waals surface area contributed by atoms with Gasteiger partial charge in [-0.1, -0.05) is 48.0 Å². The van der Waals surface area contributed by atoms with Gasteiger partial charge < -0.3 is 5.73 Å². The molecule has 0 saturated heterocycles. The lowest BCUT2D eigenvalue weighted by atomic mass is 10.0. The summed E-state index contributed by atoms with van der Waals surface area (Å²) in [6.45, 7) is 2.02. The van der Waals surface area contributed by atoms with E-state index >= 15 is 0 Å². The Morgan fingerprint density at radius 2 is 1.83 bits per heavy atom. The summed E-state index contributed by atoms with van der Waals surface area (Å²) in [4.78, 5) is 4.84. The molecule has 0 aliphatic heterocycles. The Bertz CT molecular complexity index is 1230. The number of para-hydroxylation sites is 1. The number of nitrogens with zero attached hydrogens (tertiary/aromatic N) is 1. The van der Waals surface area contributed by atoms with Gasteiger partial charge in [0, 0.05) is 5.69 Å². The summed E-state index contributed by atoms with van der Waals surface area (Å²) in [7, 11) is -3.76. The SMILES string of the molecule is Cc1cccc(CC(NS(=O)(=O)c2cccc(N)c2)c2nc3ccccc3s2)c1. The number of rotatable bonds is 6. The van der Waals surface area contributed by atoms with Crippen LogP contribution < -0.4 is 10.5 Å². The molecule has 3 aromatic carbocycles. The van der Waals surface area contributed by atoms with Crippen LogP contribution in [0.4, 0.5) is 5.69 Å². The molecule has 4 rings (SSSR count). The average molecular weight is 424 g/mol. The molecule has 7 heteroatoms. The number of thiazole rings is 1. The maximum Gasteiger partial charge on any atom is 0.241 e. The molecule has 0 saturated carbocycles. The van der Waals surface area contributed by atoms with E-state index in [4.69, 9.17) is 10.7 Å². The lowest BCUT2D eigenvalue weighted by Gasteiger charge is -2.17. The molecular weight excluding hydrogens is 402 g/mol. The van der Waals surface area contributed by atoms with Crippen molar-refractivity contribution in [3.05, 3.63) is 88.9 Å². The topological polar surface area (TPSA) is 85.1 Å². The van der Waals surface area contributed by atoms with Crippen molar-refractivity contribution >= 4 is 37.3 Å². The molecule has 5 nitrogen and oxygen atoms in total. The number of aryl methyl sites for hydroxylation is 1. The Hall–Kier alpha value is -2.74. The van der Waals surface area contributed by atoms with Gasteiger partial charge in [-0.05, 0) is 49.2 Å². The smallest absolute Gasteiger partial charge is 0.241 e. The minimum Gasteiger partial charge on any atom is -0.399 e. The number of benzene rings is 3. The second kappa shape index (κ2) is 7.94. The van der Waals surface area contributed by atoms with Crippen molar-refractivity contribution in [2.24, 2.45) is 0 Å². The van der Waals surface area contributed by atoms with Gasteiger partial charge in [-0.2, -0.15) is 0 Å². The number of anilines is 1. The maximum absolute atomic E-state index is 13.1. The van der Waals surface area contributed by atoms with Gasteiger partial charge in [0.25, 0.3) is 0 Å². The molecule has 1 unspecified atom stereocenters. The minimum atomic E-state index is -3.76. The Kier molecular flexibility index (Phi) is 5.36. The monoisotopic (exact) mass is 423 g/mol. The standard InChI is InChI=1S/C22H21N3O2S2/c1-15-6-4-7-16(12-15)13-20(22-24-19-10-2-3-11-21(19)28-22)25-29(26,27)18-9-5-8-17(23)14-18/h2-12,14,20,25H,13,23H2,1H3. The van der Waals surface area contributed by atoms with Crippen LogP contribution in [-0.2, 0) is 16.4 Å². The van der Waals surface area contributed by atoms with Gasteiger partial charge >= 0.3 is 0 Å². The fourth-order valence-corrected chi connectivity index (χ4v) is 5.58. The van der Waals surface area contributed by atoms with E-state index in [2.05, 4.69) is 10.8 Å². The van der Waals surface area contributed by atoms with Gasteiger partial charge in [0.15, 0.2) is 0 Å². The molecule has 0 spiro atoms. The molecule has 3 N–H and O–H groups in total. The summed E-state index contributed by atoms with van der Waals surface area (Å²) >= 11 is 1.51. The average Bonchev–Trinajstić information content (AvgIpc) is 3.12. The van der Waals surface area contributed by atoms with E-state index in [1.807, 2.05) is 49.4 Å². The highest BCUT2D eigenvalue weighted by Crippen LogP contribution is 2.30. The van der Waals surface area contributed by atoms with Crippen LogP contribution in [0, 0.1) is 6.92 Å². The molecule has 0 fully saturated rings. The highest BCUT2D eigenvalue weighted by atomic mass is 32.2. The zero-order valence-electron chi connectivity index (χ0n) is 15.9. The molecule has 0 amide bonds. The van der Waals surface area contributed by atoms with E-state index in [0.717, 1.165) is 26.4 Å². The van der Waals surface area contributed by atoms with Gasteiger partial charge in [0.05, 0.1) is 21.2 Å². The predicted molar refractivity (Wildman–Crippen MR) is 118 cm³/mol. The van der Waals surface area contributed by atoms with E-state index in [1.54, 1.807) is 18.2 Å². The first-order valence-corrected chi connectivity index (χ1v) is 11.5. The molecule has 1 aromatic heterocycles. The quantitative estimate of drug-likeness (QED) is 0.449. The van der Waals surface area contributed by atoms with E-state index in [9.17, 15) is 8.42 Å². The maximum atomic E-state index is 13.1. The summed E-state index contributed by atoms with van der Waals surface area (Å²) in [5.41, 5.74) is 9.23. The van der Waals surface area contributed by atoms with Crippen LogP contribution in [0.2, 0.25) is 0 Å². The zero-order chi connectivity index (χ0) is 20.4. The number of hydrogen-bond acceptors (Lipinski definition) is 5. The summed E-state index contributed by atoms with van der Waals surface area (Å²) in [6, 6.07) is 21.7. The Morgan fingerprint density at radius 1 is 1.03 bits per heavy atom. The summed E-state index contributed by atoms with van der Waals surface area (Å²) in [5, 5.41) is 0.736. The third-order valence-corrected chi connectivity index (χ3v) is 7.22. The van der Waals surface area contributed by atoms with E-state index in [-0.39, 0.29) is 4.90 Å². The lowest BCUT2D eigenvalue weighted by molar-refractivity contribution is 0.554. The first-order valence-electron chi connectivity index (χ1n) is 9.19. The molecule has 0 radical (unpaired) electrons. The number of sulfonamides is 1. The van der Waals surface area contributed by atoms with Gasteiger partial charge in [-0.15, -0.1) is 11.3 Å². The Labute approximate surface area is 174 Å². The molecule has 0 aliphatic rings. The van der Waals surface area contributed by atoms with Gasteiger partial charge in [0.2, 0.25) is 10.0 Å². The fraction of sp³-hybridized carbons (Fsp3) is 0.136. The third kappa shape index (κ3) is 4.48. The van der Waals surface area contributed by atoms with E-state index in [0.29, 0.717) is 12.1 Å². The van der Waals surface area contributed by atoms with Crippen molar-refractivity contribution in [2.45, 2.75) is 24.3 Å². The number of hydrogen-bond donors (Lipinski definition) is 2. The molecule has 4 aromatic rings. The first-order chi connectivity index (χ1) is 13.9. The summed E-state index contributed by atoms with van der Waals surface area (Å²) in [6.07, 6.45) is 0.503. The Balaban J connectivity index is 1.73. The molecule has 1 atom stereocenters. The van der Waals surface area contributed by atoms with Crippen LogP contribution in [0.15, 0.2) is 77.7 Å². The molecular formula is C22H21N3O2S2. The molecule has 148 valence electrons. The van der Waals surface area contributed by atoms with Gasteiger partial charge in [0.1, 0.15) is 5.01 Å². The predicted octanol–water partition coefficient (Wildman–Crippen LogP) is 4.45. The normalized spacial score (nSPS) is 12.9. The van der Waals surface area contributed by atoms with E-state index < -0.39 is 16.1 Å². The van der Waals surface area contributed by atoms with Crippen LogP contribution >= 0.6 is 11.3 Å². The van der Waals surface area contributed by atoms with Crippen molar-refractivity contribution in [2.75, 3.05) is 5.73 Å². The van der Waals surface area contributed by atoms with Gasteiger partial charge in [-0.25, -0.2) is 18.1 Å².